The zero-order valence-corrected chi connectivity index (χ0v) is 16.4. The van der Waals surface area contributed by atoms with Crippen molar-refractivity contribution in [1.29, 1.82) is 0 Å². The van der Waals surface area contributed by atoms with Gasteiger partial charge in [-0.2, -0.15) is 0 Å². The van der Waals surface area contributed by atoms with Gasteiger partial charge in [-0.1, -0.05) is 76.7 Å². The second-order valence-electron chi connectivity index (χ2n) is 5.88. The Morgan fingerprint density at radius 3 is 2.40 bits per heavy atom. The van der Waals surface area contributed by atoms with Gasteiger partial charge in [-0.15, -0.1) is 0 Å². The van der Waals surface area contributed by atoms with E-state index in [0.717, 1.165) is 12.1 Å². The van der Waals surface area contributed by atoms with E-state index in [1.807, 2.05) is 37.4 Å². The molecule has 8 heteroatoms. The topological polar surface area (TPSA) is 36.4 Å². The quantitative estimate of drug-likeness (QED) is 0.655. The smallest absolute Gasteiger partial charge is 0.274 e. The molecule has 0 saturated carbocycles. The minimum atomic E-state index is -0.313. The van der Waals surface area contributed by atoms with Crippen molar-refractivity contribution in [3.05, 3.63) is 61.8 Å². The Bertz CT molecular complexity index is 800. The number of nitrogens with zero attached hydrogens (tertiary/aromatic N) is 3. The summed E-state index contributed by atoms with van der Waals surface area (Å²) in [7, 11) is 2.03. The first-order valence-corrected chi connectivity index (χ1v) is 9.15. The van der Waals surface area contributed by atoms with Gasteiger partial charge in [-0.25, -0.2) is 4.98 Å². The molecule has 0 bridgehead atoms. The molecule has 0 N–H and O–H groups in total. The maximum absolute atomic E-state index is 13.1. The molecule has 1 atom stereocenters. The van der Waals surface area contributed by atoms with Gasteiger partial charge in [0.1, 0.15) is 10.8 Å². The Balaban J connectivity index is 2.00. The molecule has 1 aliphatic rings. The van der Waals surface area contributed by atoms with E-state index >= 15 is 0 Å². The number of pyridine rings is 1. The monoisotopic (exact) mass is 417 g/mol. The van der Waals surface area contributed by atoms with Gasteiger partial charge < -0.3 is 9.80 Å². The molecule has 132 valence electrons. The highest BCUT2D eigenvalue weighted by molar-refractivity contribution is 6.52. The van der Waals surface area contributed by atoms with Crippen molar-refractivity contribution in [2.45, 2.75) is 6.04 Å². The van der Waals surface area contributed by atoms with Crippen LogP contribution >= 0.6 is 46.4 Å². The van der Waals surface area contributed by atoms with Crippen LogP contribution in [-0.2, 0) is 0 Å². The van der Waals surface area contributed by atoms with Crippen molar-refractivity contribution in [2.24, 2.45) is 0 Å². The maximum Gasteiger partial charge on any atom is 0.274 e. The molecule has 1 saturated heterocycles. The van der Waals surface area contributed by atoms with Crippen molar-refractivity contribution < 1.29 is 4.79 Å². The van der Waals surface area contributed by atoms with Crippen LogP contribution in [0.15, 0.2) is 30.3 Å². The second kappa shape index (κ2) is 7.68. The summed E-state index contributed by atoms with van der Waals surface area (Å²) in [6, 6.07) is 9.74. The fourth-order valence-electron chi connectivity index (χ4n) is 2.89. The van der Waals surface area contributed by atoms with E-state index < -0.39 is 0 Å². The van der Waals surface area contributed by atoms with Gasteiger partial charge in [0.05, 0.1) is 21.1 Å². The number of carbonyl (C=O) groups is 1. The number of rotatable bonds is 2. The third-order valence-electron chi connectivity index (χ3n) is 4.22. The van der Waals surface area contributed by atoms with Gasteiger partial charge in [-0.3, -0.25) is 4.79 Å². The van der Waals surface area contributed by atoms with Crippen molar-refractivity contribution >= 4 is 52.3 Å². The van der Waals surface area contributed by atoms with Gasteiger partial charge in [0, 0.05) is 19.6 Å². The standard InChI is InChI=1S/C17H15Cl4N3O/c1-23-7-8-24(11(9-23)10-5-3-2-4-6-10)17(25)15-13(19)12(18)14(20)16(21)22-15/h2-6,11H,7-9H2,1H3. The minimum Gasteiger partial charge on any atom is -0.328 e. The number of carbonyl (C=O) groups excluding carboxylic acids is 1. The lowest BCUT2D eigenvalue weighted by Gasteiger charge is -2.40. The fourth-order valence-corrected chi connectivity index (χ4v) is 3.70. The molecule has 0 radical (unpaired) electrons. The summed E-state index contributed by atoms with van der Waals surface area (Å²) in [5.74, 6) is -0.313. The Hall–Kier alpha value is -1.04. The summed E-state index contributed by atoms with van der Waals surface area (Å²) in [6.07, 6.45) is 0. The Morgan fingerprint density at radius 2 is 1.72 bits per heavy atom. The molecule has 25 heavy (non-hydrogen) atoms. The van der Waals surface area contributed by atoms with Crippen LogP contribution in [0.5, 0.6) is 0 Å². The summed E-state index contributed by atoms with van der Waals surface area (Å²) in [4.78, 5) is 21.1. The number of likely N-dealkylation sites (N-methyl/N-ethyl adjacent to an activating group) is 1. The average Bonchev–Trinajstić information content (AvgIpc) is 2.63. The van der Waals surface area contributed by atoms with Crippen molar-refractivity contribution in [3.8, 4) is 0 Å². The first kappa shape index (κ1) is 18.7. The SMILES string of the molecule is CN1CCN(C(=O)c2nc(Cl)c(Cl)c(Cl)c2Cl)C(c2ccccc2)C1. The molecule has 3 rings (SSSR count). The second-order valence-corrected chi connectivity index (χ2v) is 7.37. The van der Waals surface area contributed by atoms with E-state index in [9.17, 15) is 4.79 Å². The third kappa shape index (κ3) is 3.74. The predicted molar refractivity (Wildman–Crippen MR) is 102 cm³/mol. The number of piperazine rings is 1. The van der Waals surface area contributed by atoms with Gasteiger partial charge >= 0.3 is 0 Å². The largest absolute Gasteiger partial charge is 0.328 e. The van der Waals surface area contributed by atoms with Crippen LogP contribution in [0.3, 0.4) is 0 Å². The van der Waals surface area contributed by atoms with Gasteiger partial charge in [0.2, 0.25) is 0 Å². The van der Waals surface area contributed by atoms with E-state index in [1.54, 1.807) is 4.90 Å². The molecule has 0 spiro atoms. The minimum absolute atomic E-state index is 0.0200. The lowest BCUT2D eigenvalue weighted by Crippen LogP contribution is -2.49. The molecule has 4 nitrogen and oxygen atoms in total. The van der Waals surface area contributed by atoms with E-state index in [0.29, 0.717) is 13.1 Å². The zero-order chi connectivity index (χ0) is 18.1. The van der Waals surface area contributed by atoms with Crippen LogP contribution in [0.4, 0.5) is 0 Å². The Labute approximate surface area is 166 Å². The van der Waals surface area contributed by atoms with Crippen LogP contribution in [0, 0.1) is 0 Å². The molecule has 0 aliphatic carbocycles. The zero-order valence-electron chi connectivity index (χ0n) is 13.3. The highest BCUT2D eigenvalue weighted by Crippen LogP contribution is 2.37. The van der Waals surface area contributed by atoms with Crippen LogP contribution in [0.1, 0.15) is 22.1 Å². The summed E-state index contributed by atoms with van der Waals surface area (Å²) in [5.41, 5.74) is 1.07. The van der Waals surface area contributed by atoms with Gasteiger partial charge in [0.15, 0.2) is 0 Å². The third-order valence-corrected chi connectivity index (χ3v) is 5.89. The molecule has 1 unspecified atom stereocenters. The number of benzene rings is 1. The van der Waals surface area contributed by atoms with E-state index in [1.165, 1.54) is 0 Å². The molecular formula is C17H15Cl4N3O. The molecule has 1 aromatic heterocycles. The van der Waals surface area contributed by atoms with Gasteiger partial charge in [-0.05, 0) is 12.6 Å². The molecule has 1 amide bonds. The Morgan fingerprint density at radius 1 is 1.04 bits per heavy atom. The molecule has 1 fully saturated rings. The van der Waals surface area contributed by atoms with E-state index in [4.69, 9.17) is 46.4 Å². The average molecular weight is 419 g/mol. The van der Waals surface area contributed by atoms with E-state index in [2.05, 4.69) is 9.88 Å². The molecule has 1 aromatic carbocycles. The predicted octanol–water partition coefficient (Wildman–Crippen LogP) is 4.82. The van der Waals surface area contributed by atoms with E-state index in [-0.39, 0.29) is 37.9 Å². The van der Waals surface area contributed by atoms with Crippen LogP contribution in [0.25, 0.3) is 0 Å². The van der Waals surface area contributed by atoms with Crippen molar-refractivity contribution in [2.75, 3.05) is 26.7 Å². The normalized spacial score (nSPS) is 18.4. The van der Waals surface area contributed by atoms with Crippen LogP contribution in [0.2, 0.25) is 20.2 Å². The highest BCUT2D eigenvalue weighted by atomic mass is 35.5. The number of amides is 1. The van der Waals surface area contributed by atoms with Crippen molar-refractivity contribution in [3.63, 3.8) is 0 Å². The highest BCUT2D eigenvalue weighted by Gasteiger charge is 2.33. The Kier molecular flexibility index (Phi) is 5.76. The number of hydrogen-bond acceptors (Lipinski definition) is 3. The molecule has 2 heterocycles. The van der Waals surface area contributed by atoms with Crippen molar-refractivity contribution in [1.82, 2.24) is 14.8 Å². The molecule has 2 aromatic rings. The first-order chi connectivity index (χ1) is 11.9. The lowest BCUT2D eigenvalue weighted by molar-refractivity contribution is 0.0492. The van der Waals surface area contributed by atoms with Crippen LogP contribution in [-0.4, -0.2) is 47.4 Å². The summed E-state index contributed by atoms with van der Waals surface area (Å²) < 4.78 is 0. The fraction of sp³-hybridized carbons (Fsp3) is 0.294. The maximum atomic E-state index is 13.1. The molecule has 1 aliphatic heterocycles. The number of hydrogen-bond donors (Lipinski definition) is 0. The summed E-state index contributed by atoms with van der Waals surface area (Å²) in [6.45, 7) is 2.01. The number of halogens is 4. The summed E-state index contributed by atoms with van der Waals surface area (Å²) >= 11 is 24.2. The van der Waals surface area contributed by atoms with Crippen LogP contribution < -0.4 is 0 Å². The first-order valence-electron chi connectivity index (χ1n) is 7.64. The lowest BCUT2D eigenvalue weighted by atomic mass is 10.0. The number of aromatic nitrogens is 1. The molecular weight excluding hydrogens is 404 g/mol. The summed E-state index contributed by atoms with van der Waals surface area (Å²) in [5, 5.41) is 0.0663. The van der Waals surface area contributed by atoms with Gasteiger partial charge in [0.25, 0.3) is 5.91 Å².